The first-order chi connectivity index (χ1) is 11.7. The van der Waals surface area contributed by atoms with Crippen LogP contribution in [0, 0.1) is 6.92 Å². The third-order valence-corrected chi connectivity index (χ3v) is 4.74. The quantitative estimate of drug-likeness (QED) is 0.801. The average molecular weight is 324 g/mol. The molecule has 3 heterocycles. The second-order valence-corrected chi connectivity index (χ2v) is 6.51. The Hall–Kier alpha value is -2.47. The van der Waals surface area contributed by atoms with E-state index in [1.54, 1.807) is 6.07 Å². The number of aryl methyl sites for hydroxylation is 1. The third-order valence-electron chi connectivity index (χ3n) is 4.74. The van der Waals surface area contributed by atoms with Crippen LogP contribution >= 0.6 is 0 Å². The minimum Gasteiger partial charge on any atom is -0.356 e. The maximum atomic E-state index is 11.5. The van der Waals surface area contributed by atoms with Gasteiger partial charge in [0.05, 0.1) is 17.7 Å². The van der Waals surface area contributed by atoms with Crippen LogP contribution in [0.4, 0.5) is 0 Å². The molecule has 0 amide bonds. The Kier molecular flexibility index (Phi) is 3.90. The smallest absolute Gasteiger partial charge is 0.250 e. The number of likely N-dealkylation sites (tertiary alicyclic amines) is 1. The minimum absolute atomic E-state index is 0.0782. The Morgan fingerprint density at radius 2 is 2.29 bits per heavy atom. The molecule has 4 rings (SSSR count). The van der Waals surface area contributed by atoms with Crippen molar-refractivity contribution in [3.05, 3.63) is 57.9 Å². The first kappa shape index (κ1) is 15.1. The van der Waals surface area contributed by atoms with Gasteiger partial charge in [0.2, 0.25) is 0 Å². The monoisotopic (exact) mass is 324 g/mol. The fourth-order valence-corrected chi connectivity index (χ4v) is 3.51. The van der Waals surface area contributed by atoms with Crippen molar-refractivity contribution in [2.75, 3.05) is 13.1 Å². The van der Waals surface area contributed by atoms with E-state index in [1.165, 1.54) is 11.9 Å². The molecule has 0 aliphatic carbocycles. The number of hydrogen-bond acceptors (Lipinski definition) is 5. The van der Waals surface area contributed by atoms with Gasteiger partial charge in [-0.15, -0.1) is 0 Å². The average Bonchev–Trinajstić information content (AvgIpc) is 2.96. The Labute approximate surface area is 139 Å². The molecule has 3 aromatic rings. The van der Waals surface area contributed by atoms with Crippen molar-refractivity contribution >= 4 is 11.0 Å². The lowest BCUT2D eigenvalue weighted by atomic mass is 9.94. The van der Waals surface area contributed by atoms with E-state index in [1.807, 2.05) is 13.0 Å². The largest absolute Gasteiger partial charge is 0.356 e. The van der Waals surface area contributed by atoms with Crippen molar-refractivity contribution in [1.29, 1.82) is 0 Å². The van der Waals surface area contributed by atoms with E-state index in [9.17, 15) is 4.79 Å². The molecule has 1 fully saturated rings. The molecule has 124 valence electrons. The third kappa shape index (κ3) is 2.97. The van der Waals surface area contributed by atoms with E-state index < -0.39 is 0 Å². The van der Waals surface area contributed by atoms with Gasteiger partial charge in [-0.05, 0) is 44.0 Å². The number of rotatable bonds is 3. The molecule has 1 aromatic carbocycles. The van der Waals surface area contributed by atoms with Gasteiger partial charge in [0.25, 0.3) is 5.56 Å². The first-order valence-electron chi connectivity index (χ1n) is 8.31. The topological polar surface area (TPSA) is 75.0 Å². The van der Waals surface area contributed by atoms with Crippen LogP contribution in [0.3, 0.4) is 0 Å². The van der Waals surface area contributed by atoms with Crippen LogP contribution in [0.2, 0.25) is 0 Å². The summed E-state index contributed by atoms with van der Waals surface area (Å²) < 4.78 is 5.28. The number of aromatic nitrogens is 3. The lowest BCUT2D eigenvalue weighted by Gasteiger charge is -2.32. The number of benzene rings is 1. The highest BCUT2D eigenvalue weighted by atomic mass is 16.5. The normalized spacial score (nSPS) is 19.0. The SMILES string of the molecule is Cc1noc2ccc(CN3CCCC(c4cc(=O)[nH]cn4)C3)cc12. The van der Waals surface area contributed by atoms with Gasteiger partial charge in [0, 0.05) is 30.5 Å². The van der Waals surface area contributed by atoms with E-state index in [2.05, 4.69) is 32.2 Å². The Bertz CT molecular complexity index is 915. The lowest BCUT2D eigenvalue weighted by Crippen LogP contribution is -2.34. The minimum atomic E-state index is -0.0782. The summed E-state index contributed by atoms with van der Waals surface area (Å²) >= 11 is 0. The molecule has 1 aliphatic rings. The maximum absolute atomic E-state index is 11.5. The molecule has 24 heavy (non-hydrogen) atoms. The molecule has 1 unspecified atom stereocenters. The second-order valence-electron chi connectivity index (χ2n) is 6.51. The molecule has 0 saturated carbocycles. The molecule has 0 bridgehead atoms. The fourth-order valence-electron chi connectivity index (χ4n) is 3.51. The van der Waals surface area contributed by atoms with E-state index >= 15 is 0 Å². The van der Waals surface area contributed by atoms with Crippen molar-refractivity contribution < 1.29 is 4.52 Å². The van der Waals surface area contributed by atoms with E-state index in [0.29, 0.717) is 5.92 Å². The standard InChI is InChI=1S/C18H20N4O2/c1-12-15-7-13(4-5-17(15)24-21-12)9-22-6-2-3-14(10-22)16-8-18(23)20-11-19-16/h4-5,7-8,11,14H,2-3,6,9-10H2,1H3,(H,19,20,23). The summed E-state index contributed by atoms with van der Waals surface area (Å²) in [5, 5.41) is 5.10. The Morgan fingerprint density at radius 1 is 1.38 bits per heavy atom. The molecular formula is C18H20N4O2. The van der Waals surface area contributed by atoms with Gasteiger partial charge in [-0.1, -0.05) is 11.2 Å². The molecule has 6 nitrogen and oxygen atoms in total. The summed E-state index contributed by atoms with van der Waals surface area (Å²) in [6, 6.07) is 7.88. The van der Waals surface area contributed by atoms with Crippen molar-refractivity contribution in [3.8, 4) is 0 Å². The van der Waals surface area contributed by atoms with Crippen LogP contribution in [-0.2, 0) is 6.54 Å². The summed E-state index contributed by atoms with van der Waals surface area (Å²) in [5.74, 6) is 0.321. The van der Waals surface area contributed by atoms with E-state index in [-0.39, 0.29) is 5.56 Å². The van der Waals surface area contributed by atoms with E-state index in [4.69, 9.17) is 4.52 Å². The first-order valence-corrected chi connectivity index (χ1v) is 8.31. The van der Waals surface area contributed by atoms with Crippen molar-refractivity contribution in [3.63, 3.8) is 0 Å². The molecular weight excluding hydrogens is 304 g/mol. The van der Waals surface area contributed by atoms with Crippen molar-refractivity contribution in [2.45, 2.75) is 32.2 Å². The van der Waals surface area contributed by atoms with Crippen LogP contribution in [0.25, 0.3) is 11.0 Å². The summed E-state index contributed by atoms with van der Waals surface area (Å²) in [4.78, 5) is 20.9. The number of hydrogen-bond donors (Lipinski definition) is 1. The zero-order chi connectivity index (χ0) is 16.5. The Morgan fingerprint density at radius 3 is 3.17 bits per heavy atom. The number of nitrogens with zero attached hydrogens (tertiary/aromatic N) is 3. The summed E-state index contributed by atoms with van der Waals surface area (Å²) in [6.07, 6.45) is 3.70. The number of aromatic amines is 1. The zero-order valence-electron chi connectivity index (χ0n) is 13.7. The number of H-pyrrole nitrogens is 1. The van der Waals surface area contributed by atoms with Crippen LogP contribution in [0.5, 0.6) is 0 Å². The van der Waals surface area contributed by atoms with Gasteiger partial charge in [-0.25, -0.2) is 4.98 Å². The molecule has 0 radical (unpaired) electrons. The van der Waals surface area contributed by atoms with Gasteiger partial charge in [-0.3, -0.25) is 9.69 Å². The maximum Gasteiger partial charge on any atom is 0.250 e. The molecule has 0 spiro atoms. The van der Waals surface area contributed by atoms with Crippen LogP contribution in [0.1, 0.15) is 35.7 Å². The van der Waals surface area contributed by atoms with Gasteiger partial charge < -0.3 is 9.51 Å². The molecule has 1 aliphatic heterocycles. The van der Waals surface area contributed by atoms with E-state index in [0.717, 1.165) is 54.8 Å². The number of fused-ring (bicyclic) bond motifs is 1. The number of nitrogens with one attached hydrogen (secondary N) is 1. The summed E-state index contributed by atoms with van der Waals surface area (Å²) in [7, 11) is 0. The highest BCUT2D eigenvalue weighted by molar-refractivity contribution is 5.79. The molecule has 2 aromatic heterocycles. The van der Waals surface area contributed by atoms with Crippen molar-refractivity contribution in [1.82, 2.24) is 20.0 Å². The molecule has 1 atom stereocenters. The van der Waals surface area contributed by atoms with Gasteiger partial charge in [-0.2, -0.15) is 0 Å². The summed E-state index contributed by atoms with van der Waals surface area (Å²) in [6.45, 7) is 4.85. The highest BCUT2D eigenvalue weighted by Crippen LogP contribution is 2.26. The van der Waals surface area contributed by atoms with Gasteiger partial charge in [0.1, 0.15) is 0 Å². The van der Waals surface area contributed by atoms with Crippen LogP contribution in [0.15, 0.2) is 39.9 Å². The highest BCUT2D eigenvalue weighted by Gasteiger charge is 2.22. The predicted molar refractivity (Wildman–Crippen MR) is 90.9 cm³/mol. The predicted octanol–water partition coefficient (Wildman–Crippen LogP) is 2.60. The Balaban J connectivity index is 1.51. The molecule has 6 heteroatoms. The zero-order valence-corrected chi connectivity index (χ0v) is 13.7. The molecule has 1 saturated heterocycles. The molecule has 1 N–H and O–H groups in total. The summed E-state index contributed by atoms with van der Waals surface area (Å²) in [5.41, 5.74) is 3.84. The fraction of sp³-hybridized carbons (Fsp3) is 0.389. The number of piperidine rings is 1. The van der Waals surface area contributed by atoms with Crippen LogP contribution in [-0.4, -0.2) is 33.1 Å². The lowest BCUT2D eigenvalue weighted by molar-refractivity contribution is 0.198. The van der Waals surface area contributed by atoms with Crippen molar-refractivity contribution in [2.24, 2.45) is 0 Å². The second kappa shape index (κ2) is 6.20. The van der Waals surface area contributed by atoms with Gasteiger partial charge in [0.15, 0.2) is 5.58 Å². The van der Waals surface area contributed by atoms with Crippen LogP contribution < -0.4 is 5.56 Å². The van der Waals surface area contributed by atoms with Gasteiger partial charge >= 0.3 is 0 Å².